The molecule has 1 fully saturated rings. The molecule has 1 aliphatic heterocycles. The van der Waals surface area contributed by atoms with Gasteiger partial charge < -0.3 is 11.1 Å². The molecule has 0 spiro atoms. The lowest BCUT2D eigenvalue weighted by molar-refractivity contribution is 0.476. The number of hydrogen-bond donors (Lipinski definition) is 2. The van der Waals surface area contributed by atoms with Crippen LogP contribution in [0.3, 0.4) is 0 Å². The molecule has 2 unspecified atom stereocenters. The maximum atomic E-state index is 6.20. The third-order valence-electron chi connectivity index (χ3n) is 2.99. The van der Waals surface area contributed by atoms with Gasteiger partial charge in [0.25, 0.3) is 0 Å². The Hall–Kier alpha value is -0.380. The van der Waals surface area contributed by atoms with Crippen molar-refractivity contribution in [2.75, 3.05) is 13.1 Å². The first-order valence-electron chi connectivity index (χ1n) is 5.27. The summed E-state index contributed by atoms with van der Waals surface area (Å²) >= 11 is 1.80. The van der Waals surface area contributed by atoms with E-state index in [0.717, 1.165) is 18.9 Å². The van der Waals surface area contributed by atoms with Gasteiger partial charge in [-0.1, -0.05) is 0 Å². The molecule has 2 heterocycles. The normalized spacial score (nSPS) is 24.0. The van der Waals surface area contributed by atoms with E-state index in [2.05, 4.69) is 23.7 Å². The second kappa shape index (κ2) is 4.43. The monoisotopic (exact) mass is 210 g/mol. The van der Waals surface area contributed by atoms with Gasteiger partial charge in [0.1, 0.15) is 0 Å². The highest BCUT2D eigenvalue weighted by atomic mass is 32.1. The Kier molecular flexibility index (Phi) is 3.21. The Labute approximate surface area is 89.5 Å². The molecule has 1 saturated heterocycles. The molecule has 0 aromatic carbocycles. The molecule has 3 N–H and O–H groups in total. The van der Waals surface area contributed by atoms with Gasteiger partial charge in [0.2, 0.25) is 0 Å². The van der Waals surface area contributed by atoms with Crippen LogP contribution >= 0.6 is 11.3 Å². The number of nitrogens with one attached hydrogen (secondary N) is 1. The van der Waals surface area contributed by atoms with Crippen molar-refractivity contribution < 1.29 is 0 Å². The zero-order valence-electron chi connectivity index (χ0n) is 8.62. The SMILES string of the molecule is Cc1ccsc1C(N)CC1CCNC1. The summed E-state index contributed by atoms with van der Waals surface area (Å²) in [5.41, 5.74) is 7.56. The molecule has 78 valence electrons. The quantitative estimate of drug-likeness (QED) is 0.801. The molecule has 14 heavy (non-hydrogen) atoms. The van der Waals surface area contributed by atoms with E-state index in [9.17, 15) is 0 Å². The van der Waals surface area contributed by atoms with E-state index in [-0.39, 0.29) is 6.04 Å². The number of hydrogen-bond acceptors (Lipinski definition) is 3. The van der Waals surface area contributed by atoms with E-state index in [4.69, 9.17) is 5.73 Å². The average Bonchev–Trinajstić information content (AvgIpc) is 2.75. The van der Waals surface area contributed by atoms with E-state index in [0.29, 0.717) is 0 Å². The summed E-state index contributed by atoms with van der Waals surface area (Å²) in [6.07, 6.45) is 2.42. The van der Waals surface area contributed by atoms with E-state index >= 15 is 0 Å². The van der Waals surface area contributed by atoms with Crippen molar-refractivity contribution in [2.24, 2.45) is 11.7 Å². The molecule has 2 atom stereocenters. The van der Waals surface area contributed by atoms with Crippen LogP contribution in [0.25, 0.3) is 0 Å². The summed E-state index contributed by atoms with van der Waals surface area (Å²) in [5.74, 6) is 0.784. The molecule has 0 bridgehead atoms. The van der Waals surface area contributed by atoms with Gasteiger partial charge in [-0.25, -0.2) is 0 Å². The van der Waals surface area contributed by atoms with Gasteiger partial charge in [-0.2, -0.15) is 0 Å². The number of nitrogens with two attached hydrogens (primary N) is 1. The van der Waals surface area contributed by atoms with Crippen LogP contribution in [-0.2, 0) is 0 Å². The minimum Gasteiger partial charge on any atom is -0.323 e. The summed E-state index contributed by atoms with van der Waals surface area (Å²) < 4.78 is 0. The second-order valence-corrected chi connectivity index (χ2v) is 5.12. The molecular formula is C11H18N2S. The molecule has 3 heteroatoms. The highest BCUT2D eigenvalue weighted by Gasteiger charge is 2.19. The van der Waals surface area contributed by atoms with Crippen LogP contribution in [0.2, 0.25) is 0 Å². The molecule has 0 saturated carbocycles. The fraction of sp³-hybridized carbons (Fsp3) is 0.636. The maximum absolute atomic E-state index is 6.20. The Morgan fingerprint density at radius 3 is 3.14 bits per heavy atom. The molecule has 2 rings (SSSR count). The van der Waals surface area contributed by atoms with Gasteiger partial charge >= 0.3 is 0 Å². The molecule has 0 aliphatic carbocycles. The van der Waals surface area contributed by atoms with Gasteiger partial charge in [0.05, 0.1) is 0 Å². The molecule has 2 nitrogen and oxygen atoms in total. The van der Waals surface area contributed by atoms with Crippen molar-refractivity contribution in [3.63, 3.8) is 0 Å². The van der Waals surface area contributed by atoms with Crippen LogP contribution in [0.5, 0.6) is 0 Å². The summed E-state index contributed by atoms with van der Waals surface area (Å²) in [6, 6.07) is 2.41. The standard InChI is InChI=1S/C11H18N2S/c1-8-3-5-14-11(8)10(12)6-9-2-4-13-7-9/h3,5,9-10,13H,2,4,6-7,12H2,1H3. The predicted molar refractivity (Wildman–Crippen MR) is 61.6 cm³/mol. The van der Waals surface area contributed by atoms with E-state index in [1.807, 2.05) is 0 Å². The topological polar surface area (TPSA) is 38.0 Å². The fourth-order valence-corrected chi connectivity index (χ4v) is 3.09. The lowest BCUT2D eigenvalue weighted by atomic mass is 9.97. The Morgan fingerprint density at radius 2 is 2.57 bits per heavy atom. The molecular weight excluding hydrogens is 192 g/mol. The largest absolute Gasteiger partial charge is 0.323 e. The van der Waals surface area contributed by atoms with E-state index < -0.39 is 0 Å². The van der Waals surface area contributed by atoms with Crippen molar-refractivity contribution in [2.45, 2.75) is 25.8 Å². The van der Waals surface area contributed by atoms with Gasteiger partial charge in [-0.3, -0.25) is 0 Å². The van der Waals surface area contributed by atoms with E-state index in [1.165, 1.54) is 23.4 Å². The lowest BCUT2D eigenvalue weighted by Crippen LogP contribution is -2.17. The summed E-state index contributed by atoms with van der Waals surface area (Å²) in [6.45, 7) is 4.47. The highest BCUT2D eigenvalue weighted by Crippen LogP contribution is 2.28. The first-order valence-corrected chi connectivity index (χ1v) is 6.15. The van der Waals surface area contributed by atoms with Crippen molar-refractivity contribution in [3.05, 3.63) is 21.9 Å². The zero-order valence-corrected chi connectivity index (χ0v) is 9.44. The average molecular weight is 210 g/mol. The molecule has 1 aromatic heterocycles. The van der Waals surface area contributed by atoms with Crippen molar-refractivity contribution in [1.29, 1.82) is 0 Å². The van der Waals surface area contributed by atoms with Gasteiger partial charge in [0.15, 0.2) is 0 Å². The van der Waals surface area contributed by atoms with Crippen LogP contribution in [-0.4, -0.2) is 13.1 Å². The third-order valence-corrected chi connectivity index (χ3v) is 4.14. The van der Waals surface area contributed by atoms with Crippen molar-refractivity contribution in [1.82, 2.24) is 5.32 Å². The first kappa shape index (κ1) is 10.1. The predicted octanol–water partition coefficient (Wildman–Crippen LogP) is 2.06. The van der Waals surface area contributed by atoms with Crippen molar-refractivity contribution >= 4 is 11.3 Å². The Morgan fingerprint density at radius 1 is 1.71 bits per heavy atom. The molecule has 0 radical (unpaired) electrons. The van der Waals surface area contributed by atoms with Crippen molar-refractivity contribution in [3.8, 4) is 0 Å². The van der Waals surface area contributed by atoms with Gasteiger partial charge in [-0.05, 0) is 55.8 Å². The fourth-order valence-electron chi connectivity index (χ4n) is 2.15. The molecule has 1 aromatic rings. The molecule has 1 aliphatic rings. The Bertz CT molecular complexity index is 289. The number of thiophene rings is 1. The van der Waals surface area contributed by atoms with Crippen LogP contribution in [0.15, 0.2) is 11.4 Å². The van der Waals surface area contributed by atoms with E-state index in [1.54, 1.807) is 11.3 Å². The first-order chi connectivity index (χ1) is 6.77. The second-order valence-electron chi connectivity index (χ2n) is 4.17. The number of aryl methyl sites for hydroxylation is 1. The van der Waals surface area contributed by atoms with Crippen LogP contribution < -0.4 is 11.1 Å². The Balaban J connectivity index is 1.95. The highest BCUT2D eigenvalue weighted by molar-refractivity contribution is 7.10. The van der Waals surface area contributed by atoms with Gasteiger partial charge in [-0.15, -0.1) is 11.3 Å². The van der Waals surface area contributed by atoms with Crippen LogP contribution in [0.1, 0.15) is 29.3 Å². The number of rotatable bonds is 3. The minimum absolute atomic E-state index is 0.250. The van der Waals surface area contributed by atoms with Crippen LogP contribution in [0.4, 0.5) is 0 Å². The lowest BCUT2D eigenvalue weighted by Gasteiger charge is -2.15. The summed E-state index contributed by atoms with van der Waals surface area (Å²) in [5, 5.41) is 5.52. The summed E-state index contributed by atoms with van der Waals surface area (Å²) in [4.78, 5) is 1.37. The third kappa shape index (κ3) is 2.16. The molecule has 0 amide bonds. The minimum atomic E-state index is 0.250. The smallest absolute Gasteiger partial charge is 0.0395 e. The van der Waals surface area contributed by atoms with Crippen LogP contribution in [0, 0.1) is 12.8 Å². The maximum Gasteiger partial charge on any atom is 0.0395 e. The van der Waals surface area contributed by atoms with Gasteiger partial charge in [0, 0.05) is 10.9 Å². The summed E-state index contributed by atoms with van der Waals surface area (Å²) in [7, 11) is 0. The zero-order chi connectivity index (χ0) is 9.97.